The molecule has 0 heterocycles. The molecule has 0 fully saturated rings. The number of rotatable bonds is 3. The van der Waals surface area contributed by atoms with Gasteiger partial charge in [0, 0.05) is 21.5 Å². The first-order chi connectivity index (χ1) is 9.92. The molecule has 0 aliphatic rings. The molecule has 21 heavy (non-hydrogen) atoms. The second-order valence-electron chi connectivity index (χ2n) is 4.37. The van der Waals surface area contributed by atoms with E-state index < -0.39 is 17.6 Å². The third-order valence-corrected chi connectivity index (χ3v) is 3.91. The first-order valence-electron chi connectivity index (χ1n) is 6.03. The van der Waals surface area contributed by atoms with Crippen molar-refractivity contribution in [2.24, 2.45) is 0 Å². The highest BCUT2D eigenvalue weighted by Gasteiger charge is 2.15. The van der Waals surface area contributed by atoms with E-state index >= 15 is 0 Å². The van der Waals surface area contributed by atoms with Crippen molar-refractivity contribution in [3.05, 3.63) is 53.1 Å². The molecule has 2 aromatic carbocycles. The zero-order valence-electron chi connectivity index (χ0n) is 11.4. The van der Waals surface area contributed by atoms with Crippen LogP contribution in [0.2, 0.25) is 0 Å². The summed E-state index contributed by atoms with van der Waals surface area (Å²) in [6.45, 7) is 1.74. The van der Waals surface area contributed by atoms with Gasteiger partial charge in [-0.3, -0.25) is 0 Å². The van der Waals surface area contributed by atoms with Crippen LogP contribution in [0.15, 0.2) is 40.1 Å². The minimum Gasteiger partial charge on any atom is -0.465 e. The Morgan fingerprint density at radius 2 is 1.95 bits per heavy atom. The van der Waals surface area contributed by atoms with Gasteiger partial charge in [0.1, 0.15) is 11.6 Å². The monoisotopic (exact) mass is 309 g/mol. The summed E-state index contributed by atoms with van der Waals surface area (Å²) < 4.78 is 31.2. The van der Waals surface area contributed by atoms with Crippen LogP contribution in [0.5, 0.6) is 0 Å². The Bertz CT molecular complexity index is 704. The lowest BCUT2D eigenvalue weighted by Gasteiger charge is -2.10. The number of nitrogen functional groups attached to an aromatic ring is 1. The third-order valence-electron chi connectivity index (χ3n) is 2.89. The number of carbonyl (C=O) groups excluding carboxylic acids is 1. The van der Waals surface area contributed by atoms with Crippen molar-refractivity contribution < 1.29 is 18.3 Å². The average molecular weight is 309 g/mol. The molecule has 6 heteroatoms. The molecule has 2 aromatic rings. The number of carbonyl (C=O) groups is 1. The molecule has 0 amide bonds. The Balaban J connectivity index is 2.40. The topological polar surface area (TPSA) is 52.3 Å². The number of aryl methyl sites for hydroxylation is 1. The summed E-state index contributed by atoms with van der Waals surface area (Å²) in [7, 11) is 1.26. The summed E-state index contributed by atoms with van der Waals surface area (Å²) in [4.78, 5) is 12.5. The Labute approximate surface area is 125 Å². The van der Waals surface area contributed by atoms with Gasteiger partial charge in [0.15, 0.2) is 0 Å². The van der Waals surface area contributed by atoms with E-state index in [0.29, 0.717) is 16.1 Å². The minimum absolute atomic E-state index is 0.225. The zero-order chi connectivity index (χ0) is 15.6. The SMILES string of the molecule is COC(=O)c1cc(Sc2ccc(F)cc2F)cc(C)c1N. The molecule has 0 radical (unpaired) electrons. The van der Waals surface area contributed by atoms with Gasteiger partial charge < -0.3 is 10.5 Å². The molecule has 0 saturated heterocycles. The second kappa shape index (κ2) is 6.13. The molecule has 3 nitrogen and oxygen atoms in total. The molecular formula is C15H13F2NO2S. The molecule has 0 atom stereocenters. The van der Waals surface area contributed by atoms with E-state index in [0.717, 1.165) is 17.8 Å². The minimum atomic E-state index is -0.658. The van der Waals surface area contributed by atoms with Crippen LogP contribution in [0.25, 0.3) is 0 Å². The van der Waals surface area contributed by atoms with E-state index in [2.05, 4.69) is 4.74 Å². The number of hydrogen-bond acceptors (Lipinski definition) is 4. The standard InChI is InChI=1S/C15H13F2NO2S/c1-8-5-10(7-11(14(8)18)15(19)20-2)21-13-4-3-9(16)6-12(13)17/h3-7H,18H2,1-2H3. The molecule has 0 aliphatic carbocycles. The van der Waals surface area contributed by atoms with E-state index in [1.54, 1.807) is 13.0 Å². The summed E-state index contributed by atoms with van der Waals surface area (Å²) in [6.07, 6.45) is 0. The summed E-state index contributed by atoms with van der Waals surface area (Å²) >= 11 is 1.08. The lowest BCUT2D eigenvalue weighted by Crippen LogP contribution is -2.07. The maximum Gasteiger partial charge on any atom is 0.340 e. The predicted molar refractivity (Wildman–Crippen MR) is 77.4 cm³/mol. The molecule has 0 spiro atoms. The number of methoxy groups -OCH3 is 1. The maximum atomic E-state index is 13.7. The summed E-state index contributed by atoms with van der Waals surface area (Å²) in [6, 6.07) is 6.60. The van der Waals surface area contributed by atoms with Gasteiger partial charge in [0.25, 0.3) is 0 Å². The van der Waals surface area contributed by atoms with Crippen molar-refractivity contribution in [1.82, 2.24) is 0 Å². The second-order valence-corrected chi connectivity index (χ2v) is 5.49. The predicted octanol–water partition coefficient (Wildman–Crippen LogP) is 3.79. The molecular weight excluding hydrogens is 296 g/mol. The lowest BCUT2D eigenvalue weighted by molar-refractivity contribution is 0.0601. The number of hydrogen-bond donors (Lipinski definition) is 1. The molecule has 0 aliphatic heterocycles. The van der Waals surface area contributed by atoms with E-state index in [4.69, 9.17) is 5.73 Å². The van der Waals surface area contributed by atoms with E-state index in [1.165, 1.54) is 25.3 Å². The van der Waals surface area contributed by atoms with Gasteiger partial charge in [-0.05, 0) is 36.8 Å². The van der Waals surface area contributed by atoms with Gasteiger partial charge in [-0.1, -0.05) is 11.8 Å². The first kappa shape index (κ1) is 15.3. The number of halogens is 2. The molecule has 0 bridgehead atoms. The number of nitrogens with two attached hydrogens (primary N) is 1. The van der Waals surface area contributed by atoms with Gasteiger partial charge in [0.2, 0.25) is 0 Å². The van der Waals surface area contributed by atoms with E-state index in [9.17, 15) is 13.6 Å². The van der Waals surface area contributed by atoms with Gasteiger partial charge in [-0.15, -0.1) is 0 Å². The zero-order valence-corrected chi connectivity index (χ0v) is 12.3. The lowest BCUT2D eigenvalue weighted by atomic mass is 10.1. The van der Waals surface area contributed by atoms with Crippen LogP contribution in [0.1, 0.15) is 15.9 Å². The Morgan fingerprint density at radius 3 is 2.57 bits per heavy atom. The number of benzene rings is 2. The summed E-state index contributed by atoms with van der Waals surface area (Å²) in [5.41, 5.74) is 7.07. The van der Waals surface area contributed by atoms with E-state index in [1.807, 2.05) is 0 Å². The van der Waals surface area contributed by atoms with Crippen molar-refractivity contribution in [2.75, 3.05) is 12.8 Å². The van der Waals surface area contributed by atoms with Crippen molar-refractivity contribution in [3.63, 3.8) is 0 Å². The fraction of sp³-hybridized carbons (Fsp3) is 0.133. The van der Waals surface area contributed by atoms with Crippen molar-refractivity contribution in [2.45, 2.75) is 16.7 Å². The van der Waals surface area contributed by atoms with Crippen molar-refractivity contribution in [1.29, 1.82) is 0 Å². The Hall–Kier alpha value is -2.08. The third kappa shape index (κ3) is 3.33. The fourth-order valence-electron chi connectivity index (χ4n) is 1.79. The average Bonchev–Trinajstić information content (AvgIpc) is 2.44. The van der Waals surface area contributed by atoms with Crippen molar-refractivity contribution >= 4 is 23.4 Å². The summed E-state index contributed by atoms with van der Waals surface area (Å²) in [5, 5.41) is 0. The van der Waals surface area contributed by atoms with Crippen LogP contribution < -0.4 is 5.73 Å². The van der Waals surface area contributed by atoms with Crippen LogP contribution in [0.3, 0.4) is 0 Å². The normalized spacial score (nSPS) is 10.5. The fourth-order valence-corrected chi connectivity index (χ4v) is 2.75. The molecule has 0 aromatic heterocycles. The molecule has 110 valence electrons. The highest BCUT2D eigenvalue weighted by atomic mass is 32.2. The van der Waals surface area contributed by atoms with Gasteiger partial charge in [-0.25, -0.2) is 13.6 Å². The van der Waals surface area contributed by atoms with Crippen molar-refractivity contribution in [3.8, 4) is 0 Å². The molecule has 2 rings (SSSR count). The highest BCUT2D eigenvalue weighted by molar-refractivity contribution is 7.99. The van der Waals surface area contributed by atoms with Crippen LogP contribution in [0, 0.1) is 18.6 Å². The highest BCUT2D eigenvalue weighted by Crippen LogP contribution is 2.33. The number of esters is 1. The maximum absolute atomic E-state index is 13.7. The number of anilines is 1. The van der Waals surface area contributed by atoms with Crippen LogP contribution in [-0.4, -0.2) is 13.1 Å². The Morgan fingerprint density at radius 1 is 1.24 bits per heavy atom. The molecule has 2 N–H and O–H groups in total. The Kier molecular flexibility index (Phi) is 4.47. The van der Waals surface area contributed by atoms with Crippen LogP contribution >= 0.6 is 11.8 Å². The number of ether oxygens (including phenoxy) is 1. The smallest absolute Gasteiger partial charge is 0.340 e. The quantitative estimate of drug-likeness (QED) is 0.692. The summed E-state index contributed by atoms with van der Waals surface area (Å²) in [5.74, 6) is -1.85. The van der Waals surface area contributed by atoms with Gasteiger partial charge >= 0.3 is 5.97 Å². The van der Waals surface area contributed by atoms with Gasteiger partial charge in [-0.2, -0.15) is 0 Å². The molecule has 0 unspecified atom stereocenters. The molecule has 0 saturated carbocycles. The largest absolute Gasteiger partial charge is 0.465 e. The first-order valence-corrected chi connectivity index (χ1v) is 6.85. The van der Waals surface area contributed by atoms with Gasteiger partial charge in [0.05, 0.1) is 12.7 Å². The van der Waals surface area contributed by atoms with Crippen LogP contribution in [-0.2, 0) is 4.74 Å². The van der Waals surface area contributed by atoms with E-state index in [-0.39, 0.29) is 10.5 Å². The van der Waals surface area contributed by atoms with Crippen LogP contribution in [0.4, 0.5) is 14.5 Å².